The van der Waals surface area contributed by atoms with Crippen molar-refractivity contribution in [2.45, 2.75) is 50.2 Å². The molecule has 5 nitrogen and oxygen atoms in total. The Balaban J connectivity index is 1.58. The number of nitrogens with zero attached hydrogens (tertiary/aromatic N) is 4. The van der Waals surface area contributed by atoms with Crippen LogP contribution < -0.4 is 0 Å². The van der Waals surface area contributed by atoms with Gasteiger partial charge >= 0.3 is 0 Å². The van der Waals surface area contributed by atoms with Gasteiger partial charge in [0.2, 0.25) is 5.91 Å². The zero-order valence-electron chi connectivity index (χ0n) is 16.6. The van der Waals surface area contributed by atoms with Crippen molar-refractivity contribution in [1.29, 1.82) is 5.26 Å². The van der Waals surface area contributed by atoms with Crippen molar-refractivity contribution >= 4 is 5.91 Å². The molecule has 0 bridgehead atoms. The number of aromatic nitrogens is 1. The number of carbonyl (C=O) groups is 1. The van der Waals surface area contributed by atoms with E-state index < -0.39 is 5.54 Å². The lowest BCUT2D eigenvalue weighted by Gasteiger charge is -2.42. The third-order valence-electron chi connectivity index (χ3n) is 6.50. The molecule has 2 aromatic rings. The van der Waals surface area contributed by atoms with Crippen LogP contribution in [0.3, 0.4) is 0 Å². The molecule has 0 unspecified atom stereocenters. The molecule has 1 saturated carbocycles. The summed E-state index contributed by atoms with van der Waals surface area (Å²) in [6.45, 7) is 2.04. The van der Waals surface area contributed by atoms with Crippen LogP contribution in [-0.4, -0.2) is 46.0 Å². The van der Waals surface area contributed by atoms with Gasteiger partial charge in [-0.25, -0.2) is 0 Å². The van der Waals surface area contributed by atoms with Gasteiger partial charge in [0.05, 0.1) is 18.7 Å². The van der Waals surface area contributed by atoms with Crippen molar-refractivity contribution in [2.24, 2.45) is 0 Å². The van der Waals surface area contributed by atoms with Crippen LogP contribution in [0.1, 0.15) is 49.4 Å². The van der Waals surface area contributed by atoms with E-state index in [2.05, 4.69) is 58.1 Å². The monoisotopic (exact) mass is 376 g/mol. The first-order chi connectivity index (χ1) is 13.6. The summed E-state index contributed by atoms with van der Waals surface area (Å²) in [5.41, 5.74) is 1.79. The van der Waals surface area contributed by atoms with Gasteiger partial charge in [-0.05, 0) is 30.5 Å². The fraction of sp³-hybridized carbons (Fsp3) is 0.478. The maximum Gasteiger partial charge on any atom is 0.237 e. The fourth-order valence-electron chi connectivity index (χ4n) is 4.80. The van der Waals surface area contributed by atoms with Gasteiger partial charge in [0, 0.05) is 32.0 Å². The Morgan fingerprint density at radius 1 is 1.14 bits per heavy atom. The van der Waals surface area contributed by atoms with Gasteiger partial charge in [0.15, 0.2) is 0 Å². The van der Waals surface area contributed by atoms with Crippen molar-refractivity contribution in [3.63, 3.8) is 0 Å². The molecule has 146 valence electrons. The number of carbonyl (C=O) groups excluding carboxylic acids is 1. The number of benzene rings is 1. The molecule has 1 aromatic heterocycles. The van der Waals surface area contributed by atoms with E-state index in [0.29, 0.717) is 6.54 Å². The highest BCUT2D eigenvalue weighted by molar-refractivity contribution is 5.79. The van der Waals surface area contributed by atoms with Crippen molar-refractivity contribution in [1.82, 2.24) is 14.4 Å². The molecular weight excluding hydrogens is 348 g/mol. The van der Waals surface area contributed by atoms with E-state index in [1.165, 1.54) is 11.3 Å². The summed E-state index contributed by atoms with van der Waals surface area (Å²) in [7, 11) is 1.82. The third-order valence-corrected chi connectivity index (χ3v) is 6.50. The standard InChI is InChI=1S/C23H28N4O/c1-25(23(18-24)12-6-3-7-13-23)21(28)17-27-16-15-26-14-8-11-20(26)22(27)19-9-4-2-5-10-19/h2,4-5,8-11,14,22H,3,6-7,12-13,15-17H2,1H3/t22-/m1/s1. The lowest BCUT2D eigenvalue weighted by atomic mass is 9.81. The molecule has 1 atom stereocenters. The SMILES string of the molecule is CN(C(=O)CN1CCn2cccc2[C@H]1c1ccccc1)C1(C#N)CCCCC1. The van der Waals surface area contributed by atoms with E-state index in [4.69, 9.17) is 0 Å². The molecular formula is C23H28N4O. The summed E-state index contributed by atoms with van der Waals surface area (Å²) in [5, 5.41) is 9.84. The average Bonchev–Trinajstić information content (AvgIpc) is 3.23. The smallest absolute Gasteiger partial charge is 0.237 e. The van der Waals surface area contributed by atoms with E-state index in [1.54, 1.807) is 4.90 Å². The second-order valence-corrected chi connectivity index (χ2v) is 8.07. The molecule has 0 saturated heterocycles. The summed E-state index contributed by atoms with van der Waals surface area (Å²) < 4.78 is 2.28. The second kappa shape index (κ2) is 7.81. The number of likely N-dealkylation sites (N-methyl/N-ethyl adjacent to an activating group) is 1. The first-order valence-electron chi connectivity index (χ1n) is 10.3. The summed E-state index contributed by atoms with van der Waals surface area (Å²) >= 11 is 0. The zero-order valence-corrected chi connectivity index (χ0v) is 16.6. The molecule has 1 amide bonds. The number of fused-ring (bicyclic) bond motifs is 1. The summed E-state index contributed by atoms with van der Waals surface area (Å²) in [5.74, 6) is 0.0457. The highest BCUT2D eigenvalue weighted by Gasteiger charge is 2.40. The van der Waals surface area contributed by atoms with Crippen LogP contribution in [-0.2, 0) is 11.3 Å². The van der Waals surface area contributed by atoms with Gasteiger partial charge in [-0.15, -0.1) is 0 Å². The molecule has 1 fully saturated rings. The van der Waals surface area contributed by atoms with Crippen LogP contribution in [0.25, 0.3) is 0 Å². The Hall–Kier alpha value is -2.58. The molecule has 1 aliphatic heterocycles. The molecule has 1 aromatic carbocycles. The summed E-state index contributed by atoms with van der Waals surface area (Å²) in [6, 6.07) is 17.1. The van der Waals surface area contributed by atoms with Gasteiger partial charge in [-0.3, -0.25) is 9.69 Å². The molecule has 5 heteroatoms. The molecule has 28 heavy (non-hydrogen) atoms. The van der Waals surface area contributed by atoms with Crippen molar-refractivity contribution < 1.29 is 4.79 Å². The minimum absolute atomic E-state index is 0.0457. The van der Waals surface area contributed by atoms with Crippen LogP contribution in [0.2, 0.25) is 0 Å². The maximum atomic E-state index is 13.2. The molecule has 0 spiro atoms. The first kappa shape index (κ1) is 18.8. The Kier molecular flexibility index (Phi) is 5.23. The van der Waals surface area contributed by atoms with Crippen molar-refractivity contribution in [3.8, 4) is 6.07 Å². The predicted molar refractivity (Wildman–Crippen MR) is 108 cm³/mol. The third kappa shape index (κ3) is 3.33. The molecule has 2 aliphatic rings. The van der Waals surface area contributed by atoms with Gasteiger partial charge < -0.3 is 9.47 Å². The van der Waals surface area contributed by atoms with Gasteiger partial charge in [-0.2, -0.15) is 5.26 Å². The van der Waals surface area contributed by atoms with E-state index in [0.717, 1.165) is 45.2 Å². The molecule has 2 heterocycles. The Labute approximate surface area is 167 Å². The number of rotatable bonds is 4. The van der Waals surface area contributed by atoms with Crippen LogP contribution >= 0.6 is 0 Å². The van der Waals surface area contributed by atoms with Crippen LogP contribution in [0.5, 0.6) is 0 Å². The van der Waals surface area contributed by atoms with Crippen LogP contribution in [0, 0.1) is 11.3 Å². The highest BCUT2D eigenvalue weighted by Crippen LogP contribution is 2.35. The Bertz CT molecular complexity index is 860. The topological polar surface area (TPSA) is 52.3 Å². The van der Waals surface area contributed by atoms with E-state index in [-0.39, 0.29) is 11.9 Å². The van der Waals surface area contributed by atoms with Crippen molar-refractivity contribution in [2.75, 3.05) is 20.1 Å². The van der Waals surface area contributed by atoms with Gasteiger partial charge in [0.25, 0.3) is 0 Å². The predicted octanol–water partition coefficient (Wildman–Crippen LogP) is 3.58. The number of hydrogen-bond acceptors (Lipinski definition) is 3. The number of nitriles is 1. The molecule has 0 radical (unpaired) electrons. The summed E-state index contributed by atoms with van der Waals surface area (Å²) in [6.07, 6.45) is 6.89. The number of hydrogen-bond donors (Lipinski definition) is 0. The normalized spacial score (nSPS) is 21.5. The maximum absolute atomic E-state index is 13.2. The van der Waals surface area contributed by atoms with E-state index in [9.17, 15) is 10.1 Å². The first-order valence-corrected chi connectivity index (χ1v) is 10.3. The van der Waals surface area contributed by atoms with E-state index >= 15 is 0 Å². The van der Waals surface area contributed by atoms with E-state index in [1.807, 2.05) is 13.1 Å². The van der Waals surface area contributed by atoms with Gasteiger partial charge in [0.1, 0.15) is 5.54 Å². The summed E-state index contributed by atoms with van der Waals surface area (Å²) in [4.78, 5) is 17.2. The van der Waals surface area contributed by atoms with Crippen LogP contribution in [0.15, 0.2) is 48.7 Å². The zero-order chi connectivity index (χ0) is 19.6. The largest absolute Gasteiger partial charge is 0.348 e. The quantitative estimate of drug-likeness (QED) is 0.820. The van der Waals surface area contributed by atoms with Crippen LogP contribution in [0.4, 0.5) is 0 Å². The van der Waals surface area contributed by atoms with Gasteiger partial charge in [-0.1, -0.05) is 49.6 Å². The Morgan fingerprint density at radius 3 is 2.61 bits per heavy atom. The lowest BCUT2D eigenvalue weighted by molar-refractivity contribution is -0.136. The molecule has 4 rings (SSSR count). The highest BCUT2D eigenvalue weighted by atomic mass is 16.2. The number of amides is 1. The molecule has 1 aliphatic carbocycles. The lowest BCUT2D eigenvalue weighted by Crippen LogP contribution is -2.53. The minimum Gasteiger partial charge on any atom is -0.348 e. The average molecular weight is 377 g/mol. The van der Waals surface area contributed by atoms with Crippen molar-refractivity contribution in [3.05, 3.63) is 59.9 Å². The molecule has 0 N–H and O–H groups in total. The fourth-order valence-corrected chi connectivity index (χ4v) is 4.80. The second-order valence-electron chi connectivity index (χ2n) is 8.07. The Morgan fingerprint density at radius 2 is 1.89 bits per heavy atom. The minimum atomic E-state index is -0.631.